The van der Waals surface area contributed by atoms with Crippen LogP contribution in [0, 0.1) is 11.8 Å². The summed E-state index contributed by atoms with van der Waals surface area (Å²) in [6.07, 6.45) is 1.28. The van der Waals surface area contributed by atoms with E-state index in [4.69, 9.17) is 4.52 Å². The minimum absolute atomic E-state index is 0. The van der Waals surface area contributed by atoms with E-state index in [1.54, 1.807) is 0 Å². The average Bonchev–Trinajstić information content (AvgIpc) is 2.87. The maximum absolute atomic E-state index is 5.32. The highest BCUT2D eigenvalue weighted by Crippen LogP contribution is 2.21. The molecule has 1 aliphatic heterocycles. The Morgan fingerprint density at radius 3 is 2.39 bits per heavy atom. The molecule has 2 atom stereocenters. The Kier molecular flexibility index (Phi) is 7.29. The fourth-order valence-electron chi connectivity index (χ4n) is 2.96. The fourth-order valence-corrected chi connectivity index (χ4v) is 2.96. The van der Waals surface area contributed by atoms with Gasteiger partial charge >= 0.3 is 0 Å². The molecule has 2 unspecified atom stereocenters. The molecule has 132 valence electrons. The van der Waals surface area contributed by atoms with Crippen molar-refractivity contribution >= 4 is 29.9 Å². The molecular formula is C16H30IN5O. The van der Waals surface area contributed by atoms with Gasteiger partial charge in [-0.3, -0.25) is 4.99 Å². The number of nitrogens with zero attached hydrogens (tertiary/aromatic N) is 4. The van der Waals surface area contributed by atoms with Gasteiger partial charge in [-0.2, -0.15) is 4.98 Å². The molecule has 2 rings (SSSR count). The molecule has 0 amide bonds. The summed E-state index contributed by atoms with van der Waals surface area (Å²) in [5.74, 6) is 3.64. The third kappa shape index (κ3) is 5.61. The van der Waals surface area contributed by atoms with Crippen molar-refractivity contribution in [3.8, 4) is 0 Å². The molecule has 0 saturated carbocycles. The zero-order valence-corrected chi connectivity index (χ0v) is 17.4. The number of halogens is 1. The third-order valence-electron chi connectivity index (χ3n) is 3.89. The Morgan fingerprint density at radius 2 is 1.91 bits per heavy atom. The fraction of sp³-hybridized carbons (Fsp3) is 0.812. The van der Waals surface area contributed by atoms with Crippen molar-refractivity contribution in [1.82, 2.24) is 20.4 Å². The Morgan fingerprint density at radius 1 is 1.30 bits per heavy atom. The van der Waals surface area contributed by atoms with Gasteiger partial charge in [0.05, 0.1) is 6.54 Å². The Balaban J connectivity index is 0.00000264. The number of piperidine rings is 1. The van der Waals surface area contributed by atoms with Gasteiger partial charge in [-0.15, -0.1) is 24.0 Å². The van der Waals surface area contributed by atoms with Crippen molar-refractivity contribution in [3.63, 3.8) is 0 Å². The first-order valence-corrected chi connectivity index (χ1v) is 8.08. The van der Waals surface area contributed by atoms with Crippen LogP contribution in [0.2, 0.25) is 0 Å². The molecule has 1 aromatic rings. The summed E-state index contributed by atoms with van der Waals surface area (Å²) in [6, 6.07) is 0. The summed E-state index contributed by atoms with van der Waals surface area (Å²) in [7, 11) is 1.82. The third-order valence-corrected chi connectivity index (χ3v) is 3.89. The highest BCUT2D eigenvalue weighted by Gasteiger charge is 2.25. The minimum Gasteiger partial charge on any atom is -0.349 e. The predicted octanol–water partition coefficient (Wildman–Crippen LogP) is 3.04. The zero-order chi connectivity index (χ0) is 16.3. The van der Waals surface area contributed by atoms with E-state index in [1.165, 1.54) is 6.42 Å². The van der Waals surface area contributed by atoms with Crippen LogP contribution in [0.3, 0.4) is 0 Å². The first-order valence-electron chi connectivity index (χ1n) is 8.08. The van der Waals surface area contributed by atoms with Crippen LogP contribution < -0.4 is 5.32 Å². The lowest BCUT2D eigenvalue weighted by molar-refractivity contribution is 0.208. The lowest BCUT2D eigenvalue weighted by atomic mass is 9.92. The molecule has 6 nitrogen and oxygen atoms in total. The minimum atomic E-state index is -0.120. The van der Waals surface area contributed by atoms with E-state index >= 15 is 0 Å². The maximum atomic E-state index is 5.32. The molecule has 1 N–H and O–H groups in total. The standard InChI is InChI=1S/C16H29N5O.HI/c1-11-7-12(2)10-21(9-11)15(17-6)18-8-13-19-14(22-20-13)16(3,4)5;/h11-12H,7-10H2,1-6H3,(H,17,18);1H. The quantitative estimate of drug-likeness (QED) is 0.440. The highest BCUT2D eigenvalue weighted by molar-refractivity contribution is 14.0. The number of hydrogen-bond acceptors (Lipinski definition) is 4. The Hall–Kier alpha value is -0.860. The molecule has 0 spiro atoms. The number of nitrogens with one attached hydrogen (secondary N) is 1. The summed E-state index contributed by atoms with van der Waals surface area (Å²) in [5.41, 5.74) is -0.120. The average molecular weight is 435 g/mol. The van der Waals surface area contributed by atoms with E-state index in [0.717, 1.165) is 19.0 Å². The molecule has 1 aromatic heterocycles. The van der Waals surface area contributed by atoms with Gasteiger partial charge in [-0.05, 0) is 18.3 Å². The number of aromatic nitrogens is 2. The van der Waals surface area contributed by atoms with Gasteiger partial charge in [0.25, 0.3) is 0 Å². The number of rotatable bonds is 2. The van der Waals surface area contributed by atoms with Crippen LogP contribution >= 0.6 is 24.0 Å². The smallest absolute Gasteiger partial charge is 0.232 e. The first-order chi connectivity index (χ1) is 10.3. The van der Waals surface area contributed by atoms with Gasteiger partial charge in [0.2, 0.25) is 5.89 Å². The van der Waals surface area contributed by atoms with Gasteiger partial charge in [0.1, 0.15) is 0 Å². The van der Waals surface area contributed by atoms with E-state index in [-0.39, 0.29) is 29.4 Å². The summed E-state index contributed by atoms with van der Waals surface area (Å²) >= 11 is 0. The Bertz CT molecular complexity index is 513. The van der Waals surface area contributed by atoms with Crippen molar-refractivity contribution < 1.29 is 4.52 Å². The van der Waals surface area contributed by atoms with Crippen molar-refractivity contribution in [3.05, 3.63) is 11.7 Å². The van der Waals surface area contributed by atoms with Crippen molar-refractivity contribution in [2.24, 2.45) is 16.8 Å². The molecule has 0 aliphatic carbocycles. The van der Waals surface area contributed by atoms with E-state index in [2.05, 4.69) is 60.0 Å². The van der Waals surface area contributed by atoms with Crippen molar-refractivity contribution in [1.29, 1.82) is 0 Å². The second-order valence-electron chi connectivity index (χ2n) is 7.52. The monoisotopic (exact) mass is 435 g/mol. The van der Waals surface area contributed by atoms with Crippen LogP contribution in [-0.2, 0) is 12.0 Å². The van der Waals surface area contributed by atoms with Crippen molar-refractivity contribution in [2.75, 3.05) is 20.1 Å². The van der Waals surface area contributed by atoms with E-state index in [0.29, 0.717) is 30.1 Å². The van der Waals surface area contributed by atoms with E-state index in [1.807, 2.05) is 7.05 Å². The van der Waals surface area contributed by atoms with Crippen LogP contribution in [0.25, 0.3) is 0 Å². The largest absolute Gasteiger partial charge is 0.349 e. The molecule has 2 heterocycles. The number of guanidine groups is 1. The van der Waals surface area contributed by atoms with Crippen molar-refractivity contribution in [2.45, 2.75) is 53.0 Å². The van der Waals surface area contributed by atoms with Crippen LogP contribution in [0.15, 0.2) is 9.52 Å². The first kappa shape index (κ1) is 20.2. The Labute approximate surface area is 156 Å². The lowest BCUT2D eigenvalue weighted by Crippen LogP contribution is -2.48. The van der Waals surface area contributed by atoms with Crippen LogP contribution in [0.1, 0.15) is 52.8 Å². The topological polar surface area (TPSA) is 66.5 Å². The summed E-state index contributed by atoms with van der Waals surface area (Å²) < 4.78 is 5.32. The predicted molar refractivity (Wildman–Crippen MR) is 103 cm³/mol. The lowest BCUT2D eigenvalue weighted by Gasteiger charge is -2.36. The molecule has 23 heavy (non-hydrogen) atoms. The number of likely N-dealkylation sites (tertiary alicyclic amines) is 1. The van der Waals surface area contributed by atoms with E-state index in [9.17, 15) is 0 Å². The van der Waals surface area contributed by atoms with Crippen LogP contribution in [-0.4, -0.2) is 41.1 Å². The molecular weight excluding hydrogens is 405 g/mol. The molecule has 1 fully saturated rings. The maximum Gasteiger partial charge on any atom is 0.232 e. The van der Waals surface area contributed by atoms with E-state index < -0.39 is 0 Å². The molecule has 1 aliphatic rings. The van der Waals surface area contributed by atoms with Gasteiger partial charge in [-0.25, -0.2) is 0 Å². The van der Waals surface area contributed by atoms with Gasteiger partial charge in [-0.1, -0.05) is 39.8 Å². The van der Waals surface area contributed by atoms with Crippen LogP contribution in [0.5, 0.6) is 0 Å². The second kappa shape index (κ2) is 8.30. The molecule has 1 saturated heterocycles. The molecule has 0 radical (unpaired) electrons. The second-order valence-corrected chi connectivity index (χ2v) is 7.52. The molecule has 0 aromatic carbocycles. The van der Waals surface area contributed by atoms with Gasteiger partial charge < -0.3 is 14.7 Å². The van der Waals surface area contributed by atoms with Gasteiger partial charge in [0.15, 0.2) is 11.8 Å². The summed E-state index contributed by atoms with van der Waals surface area (Å²) in [4.78, 5) is 11.2. The zero-order valence-electron chi connectivity index (χ0n) is 15.1. The normalized spacial score (nSPS) is 22.7. The summed E-state index contributed by atoms with van der Waals surface area (Å²) in [6.45, 7) is 13.4. The molecule has 0 bridgehead atoms. The summed E-state index contributed by atoms with van der Waals surface area (Å²) in [5, 5.41) is 7.39. The van der Waals surface area contributed by atoms with Crippen LogP contribution in [0.4, 0.5) is 0 Å². The highest BCUT2D eigenvalue weighted by atomic mass is 127. The number of hydrogen-bond donors (Lipinski definition) is 1. The number of aliphatic imine (C=N–C) groups is 1. The SMILES string of the molecule is CN=C(NCc1noc(C(C)(C)C)n1)N1CC(C)CC(C)C1.I. The van der Waals surface area contributed by atoms with Gasteiger partial charge in [0, 0.05) is 25.6 Å². The molecule has 7 heteroatoms.